The minimum absolute atomic E-state index is 0.0927. The molecule has 1 aliphatic heterocycles. The van der Waals surface area contributed by atoms with Gasteiger partial charge in [-0.1, -0.05) is 46.9 Å². The average Bonchev–Trinajstić information content (AvgIpc) is 3.29. The van der Waals surface area contributed by atoms with Gasteiger partial charge < -0.3 is 4.42 Å². The van der Waals surface area contributed by atoms with Crippen molar-refractivity contribution in [3.05, 3.63) is 89.9 Å². The second kappa shape index (κ2) is 8.99. The number of hydrogen-bond acceptors (Lipinski definition) is 6. The number of carbonyl (C=O) groups excluding carboxylic acids is 2. The van der Waals surface area contributed by atoms with Crippen molar-refractivity contribution in [2.75, 3.05) is 0 Å². The van der Waals surface area contributed by atoms with Crippen molar-refractivity contribution < 1.29 is 18.9 Å². The van der Waals surface area contributed by atoms with E-state index < -0.39 is 16.1 Å². The Bertz CT molecular complexity index is 1290. The van der Waals surface area contributed by atoms with Gasteiger partial charge >= 0.3 is 0 Å². The summed E-state index contributed by atoms with van der Waals surface area (Å²) < 4.78 is 5.70. The highest BCUT2D eigenvalue weighted by molar-refractivity contribution is 8.18. The molecule has 0 unspecified atom stereocenters. The lowest BCUT2D eigenvalue weighted by molar-refractivity contribution is -0.384. The van der Waals surface area contributed by atoms with Crippen LogP contribution >= 0.6 is 46.6 Å². The Morgan fingerprint density at radius 2 is 1.75 bits per heavy atom. The largest absolute Gasteiger partial charge is 0.457 e. The van der Waals surface area contributed by atoms with Gasteiger partial charge in [0, 0.05) is 22.7 Å². The monoisotopic (exact) mass is 508 g/mol. The number of thioether (sulfide) groups is 1. The van der Waals surface area contributed by atoms with Gasteiger partial charge in [0.25, 0.3) is 16.8 Å². The van der Waals surface area contributed by atoms with Crippen LogP contribution in [0.3, 0.4) is 0 Å². The van der Waals surface area contributed by atoms with E-state index in [1.165, 1.54) is 18.2 Å². The minimum atomic E-state index is -0.622. The summed E-state index contributed by atoms with van der Waals surface area (Å²) >= 11 is 18.7. The number of amides is 2. The zero-order valence-electron chi connectivity index (χ0n) is 15.9. The van der Waals surface area contributed by atoms with E-state index in [4.69, 9.17) is 39.2 Å². The number of benzene rings is 2. The summed E-state index contributed by atoms with van der Waals surface area (Å²) in [6.45, 7) is 0.118. The summed E-state index contributed by atoms with van der Waals surface area (Å²) in [5.74, 6) is 0.0835. The van der Waals surface area contributed by atoms with Crippen LogP contribution in [0.1, 0.15) is 11.3 Å². The molecule has 0 bridgehead atoms. The molecule has 162 valence electrons. The van der Waals surface area contributed by atoms with Crippen LogP contribution in [-0.2, 0) is 11.3 Å². The highest BCUT2D eigenvalue weighted by atomic mass is 35.5. The molecule has 2 aromatic carbocycles. The standard InChI is InChI=1S/C21H11Cl3N2O5S/c22-12-3-1-11(2-4-12)10-25-20(27)19(32-21(25)28)7-13-5-6-18(31-13)14-8-17(26(29)30)16(24)9-15(14)23/h1-9H,10H2/b19-7+. The summed E-state index contributed by atoms with van der Waals surface area (Å²) in [5.41, 5.74) is 0.725. The zero-order chi connectivity index (χ0) is 23.0. The van der Waals surface area contributed by atoms with Crippen LogP contribution in [0, 0.1) is 10.1 Å². The molecule has 7 nitrogen and oxygen atoms in total. The lowest BCUT2D eigenvalue weighted by Gasteiger charge is -2.12. The van der Waals surface area contributed by atoms with E-state index >= 15 is 0 Å². The fraction of sp³-hybridized carbons (Fsp3) is 0.0476. The number of nitrogens with zero attached hydrogens (tertiary/aromatic N) is 2. The molecule has 32 heavy (non-hydrogen) atoms. The molecular formula is C21H11Cl3N2O5S. The van der Waals surface area contributed by atoms with E-state index in [2.05, 4.69) is 0 Å². The first kappa shape index (κ1) is 22.4. The predicted molar refractivity (Wildman–Crippen MR) is 124 cm³/mol. The highest BCUT2D eigenvalue weighted by Crippen LogP contribution is 2.38. The third-order valence-corrected chi connectivity index (χ3v) is 6.30. The maximum absolute atomic E-state index is 12.7. The third-order valence-electron chi connectivity index (χ3n) is 4.53. The Kier molecular flexibility index (Phi) is 6.30. The fourth-order valence-corrected chi connectivity index (χ4v) is 4.47. The van der Waals surface area contributed by atoms with Gasteiger partial charge in [0.2, 0.25) is 0 Å². The molecule has 0 N–H and O–H groups in total. The molecule has 1 aliphatic rings. The van der Waals surface area contributed by atoms with Gasteiger partial charge in [0.1, 0.15) is 16.5 Å². The number of furan rings is 1. The molecule has 0 saturated carbocycles. The molecule has 11 heteroatoms. The molecule has 0 radical (unpaired) electrons. The van der Waals surface area contributed by atoms with Crippen LogP contribution in [-0.4, -0.2) is 21.0 Å². The summed E-state index contributed by atoms with van der Waals surface area (Å²) in [6.07, 6.45) is 1.44. The third kappa shape index (κ3) is 4.54. The van der Waals surface area contributed by atoms with Gasteiger partial charge in [-0.3, -0.25) is 24.6 Å². The Labute approximate surface area is 200 Å². The van der Waals surface area contributed by atoms with E-state index in [0.717, 1.165) is 22.2 Å². The van der Waals surface area contributed by atoms with Crippen LogP contribution < -0.4 is 0 Å². The summed E-state index contributed by atoms with van der Waals surface area (Å²) in [6, 6.07) is 12.5. The van der Waals surface area contributed by atoms with Crippen LogP contribution in [0.15, 0.2) is 57.9 Å². The van der Waals surface area contributed by atoms with Crippen molar-refractivity contribution in [2.24, 2.45) is 0 Å². The molecule has 0 spiro atoms. The van der Waals surface area contributed by atoms with Gasteiger partial charge in [0.15, 0.2) is 0 Å². The Hall–Kier alpha value is -2.78. The molecule has 3 aromatic rings. The average molecular weight is 510 g/mol. The van der Waals surface area contributed by atoms with Crippen LogP contribution in [0.5, 0.6) is 0 Å². The predicted octanol–water partition coefficient (Wildman–Crippen LogP) is 7.05. The van der Waals surface area contributed by atoms with Gasteiger partial charge in [-0.05, 0) is 47.7 Å². The number of halogens is 3. The minimum Gasteiger partial charge on any atom is -0.457 e. The molecule has 1 saturated heterocycles. The Morgan fingerprint density at radius 3 is 2.44 bits per heavy atom. The number of nitro benzene ring substituents is 1. The molecule has 0 atom stereocenters. The molecular weight excluding hydrogens is 499 g/mol. The lowest BCUT2D eigenvalue weighted by Crippen LogP contribution is -2.27. The van der Waals surface area contributed by atoms with E-state index in [1.807, 2.05) is 0 Å². The topological polar surface area (TPSA) is 93.7 Å². The lowest BCUT2D eigenvalue weighted by atomic mass is 10.1. The van der Waals surface area contributed by atoms with Crippen molar-refractivity contribution in [1.29, 1.82) is 0 Å². The first-order chi connectivity index (χ1) is 15.2. The maximum Gasteiger partial charge on any atom is 0.293 e. The molecule has 0 aliphatic carbocycles. The fourth-order valence-electron chi connectivity index (χ4n) is 2.98. The molecule has 4 rings (SSSR count). The number of nitro groups is 1. The van der Waals surface area contributed by atoms with Crippen LogP contribution in [0.2, 0.25) is 15.1 Å². The van der Waals surface area contributed by atoms with Crippen LogP contribution in [0.25, 0.3) is 17.4 Å². The smallest absolute Gasteiger partial charge is 0.293 e. The van der Waals surface area contributed by atoms with E-state index in [0.29, 0.717) is 5.02 Å². The van der Waals surface area contributed by atoms with Crippen LogP contribution in [0.4, 0.5) is 10.5 Å². The van der Waals surface area contributed by atoms with E-state index in [9.17, 15) is 19.7 Å². The zero-order valence-corrected chi connectivity index (χ0v) is 19.0. The number of rotatable bonds is 5. The van der Waals surface area contributed by atoms with Crippen molar-refractivity contribution in [3.63, 3.8) is 0 Å². The van der Waals surface area contributed by atoms with Gasteiger partial charge in [-0.2, -0.15) is 0 Å². The van der Waals surface area contributed by atoms with Gasteiger partial charge in [-0.25, -0.2) is 0 Å². The number of hydrogen-bond donors (Lipinski definition) is 0. The van der Waals surface area contributed by atoms with Crippen molar-refractivity contribution >= 4 is 69.5 Å². The quantitative estimate of drug-likeness (QED) is 0.208. The SMILES string of the molecule is O=C1S/C(=C/c2ccc(-c3cc([N+](=O)[O-])c(Cl)cc3Cl)o2)C(=O)N1Cc1ccc(Cl)cc1. The number of carbonyl (C=O) groups is 2. The first-order valence-electron chi connectivity index (χ1n) is 8.96. The highest BCUT2D eigenvalue weighted by Gasteiger charge is 2.35. The van der Waals surface area contributed by atoms with E-state index in [1.54, 1.807) is 36.4 Å². The molecule has 2 amide bonds. The second-order valence-corrected chi connectivity index (χ2v) is 8.88. The maximum atomic E-state index is 12.7. The molecule has 1 aromatic heterocycles. The van der Waals surface area contributed by atoms with Crippen molar-refractivity contribution in [3.8, 4) is 11.3 Å². The summed E-state index contributed by atoms with van der Waals surface area (Å²) in [5, 5.41) is 11.4. The van der Waals surface area contributed by atoms with Crippen molar-refractivity contribution in [1.82, 2.24) is 4.90 Å². The van der Waals surface area contributed by atoms with Gasteiger partial charge in [0.05, 0.1) is 21.4 Å². The molecule has 2 heterocycles. The number of imide groups is 1. The Morgan fingerprint density at radius 1 is 1.03 bits per heavy atom. The van der Waals surface area contributed by atoms with Crippen molar-refractivity contribution in [2.45, 2.75) is 6.54 Å². The second-order valence-electron chi connectivity index (χ2n) is 6.64. The Balaban J connectivity index is 1.58. The summed E-state index contributed by atoms with van der Waals surface area (Å²) in [7, 11) is 0. The summed E-state index contributed by atoms with van der Waals surface area (Å²) in [4.78, 5) is 36.9. The normalized spacial score (nSPS) is 15.1. The molecule has 1 fully saturated rings. The van der Waals surface area contributed by atoms with Gasteiger partial charge in [-0.15, -0.1) is 0 Å². The van der Waals surface area contributed by atoms with E-state index in [-0.39, 0.29) is 44.3 Å². The first-order valence-corrected chi connectivity index (χ1v) is 10.9.